The van der Waals surface area contributed by atoms with Gasteiger partial charge in [-0.3, -0.25) is 4.79 Å². The average Bonchev–Trinajstić information content (AvgIpc) is 3.02. The molecule has 0 amide bonds. The van der Waals surface area contributed by atoms with Gasteiger partial charge in [0.2, 0.25) is 0 Å². The van der Waals surface area contributed by atoms with E-state index in [1.54, 1.807) is 10.9 Å². The highest BCUT2D eigenvalue weighted by atomic mass is 16.5. The van der Waals surface area contributed by atoms with E-state index in [2.05, 4.69) is 5.10 Å². The first-order chi connectivity index (χ1) is 11.2. The summed E-state index contributed by atoms with van der Waals surface area (Å²) >= 11 is 0. The van der Waals surface area contributed by atoms with Gasteiger partial charge < -0.3 is 4.74 Å². The molecule has 0 radical (unpaired) electrons. The van der Waals surface area contributed by atoms with Crippen molar-refractivity contribution in [2.24, 2.45) is 0 Å². The third kappa shape index (κ3) is 3.01. The number of para-hydroxylation sites is 1. The second-order valence-corrected chi connectivity index (χ2v) is 5.24. The van der Waals surface area contributed by atoms with Gasteiger partial charge in [-0.1, -0.05) is 24.3 Å². The molecule has 3 aromatic rings. The van der Waals surface area contributed by atoms with Crippen LogP contribution in [0.3, 0.4) is 0 Å². The molecule has 0 N–H and O–H groups in total. The Hall–Kier alpha value is -2.88. The molecule has 0 aliphatic heterocycles. The Labute approximate surface area is 135 Å². The molecule has 116 valence electrons. The minimum atomic E-state index is 0.561. The topological polar surface area (TPSA) is 44.1 Å². The Morgan fingerprint density at radius 1 is 1.17 bits per heavy atom. The molecule has 0 atom stereocenters. The van der Waals surface area contributed by atoms with Crippen LogP contribution in [0, 0.1) is 6.92 Å². The molecule has 0 saturated carbocycles. The van der Waals surface area contributed by atoms with E-state index in [0.29, 0.717) is 17.9 Å². The zero-order chi connectivity index (χ0) is 16.2. The number of carbonyl (C=O) groups is 1. The number of aldehydes is 1. The summed E-state index contributed by atoms with van der Waals surface area (Å²) in [4.78, 5) is 11.5. The lowest BCUT2D eigenvalue weighted by Crippen LogP contribution is -1.96. The molecule has 4 nitrogen and oxygen atoms in total. The lowest BCUT2D eigenvalue weighted by Gasteiger charge is -2.08. The van der Waals surface area contributed by atoms with Crippen LogP contribution in [0.4, 0.5) is 0 Å². The third-order valence-electron chi connectivity index (χ3n) is 3.67. The number of hydrogen-bond acceptors (Lipinski definition) is 3. The summed E-state index contributed by atoms with van der Waals surface area (Å²) in [5.41, 5.74) is 4.11. The van der Waals surface area contributed by atoms with Gasteiger partial charge in [0, 0.05) is 11.8 Å². The second-order valence-electron chi connectivity index (χ2n) is 5.24. The molecule has 2 aromatic carbocycles. The predicted octanol–water partition coefficient (Wildman–Crippen LogP) is 4.06. The standard InChI is InChI=1S/C19H18N2O2/c1-3-23-17-10-9-14(2)18(11-17)19-15(13-22)12-21(20-19)16-7-5-4-6-8-16/h4-13H,3H2,1-2H3. The Morgan fingerprint density at radius 2 is 1.96 bits per heavy atom. The van der Waals surface area contributed by atoms with Gasteiger partial charge in [0.1, 0.15) is 11.4 Å². The summed E-state index contributed by atoms with van der Waals surface area (Å²) in [7, 11) is 0. The van der Waals surface area contributed by atoms with Crippen molar-refractivity contribution in [3.05, 3.63) is 65.9 Å². The fraction of sp³-hybridized carbons (Fsp3) is 0.158. The van der Waals surface area contributed by atoms with Gasteiger partial charge in [0.15, 0.2) is 6.29 Å². The Kier molecular flexibility index (Phi) is 4.24. The number of rotatable bonds is 5. The second kappa shape index (κ2) is 6.48. The SMILES string of the molecule is CCOc1ccc(C)c(-c2nn(-c3ccccc3)cc2C=O)c1. The normalized spacial score (nSPS) is 10.5. The van der Waals surface area contributed by atoms with E-state index in [1.807, 2.05) is 62.4 Å². The highest BCUT2D eigenvalue weighted by Crippen LogP contribution is 2.29. The van der Waals surface area contributed by atoms with Crippen molar-refractivity contribution in [2.75, 3.05) is 6.61 Å². The van der Waals surface area contributed by atoms with E-state index >= 15 is 0 Å². The quantitative estimate of drug-likeness (QED) is 0.668. The fourth-order valence-corrected chi connectivity index (χ4v) is 2.51. The molecule has 3 rings (SSSR count). The number of carbonyl (C=O) groups excluding carboxylic acids is 1. The molecular formula is C19H18N2O2. The number of ether oxygens (including phenoxy) is 1. The van der Waals surface area contributed by atoms with Crippen molar-refractivity contribution in [3.63, 3.8) is 0 Å². The van der Waals surface area contributed by atoms with Crippen LogP contribution < -0.4 is 4.74 Å². The molecular weight excluding hydrogens is 288 g/mol. The maximum Gasteiger partial charge on any atom is 0.153 e. The van der Waals surface area contributed by atoms with Crippen LogP contribution in [0.5, 0.6) is 5.75 Å². The zero-order valence-electron chi connectivity index (χ0n) is 13.2. The van der Waals surface area contributed by atoms with Gasteiger partial charge in [-0.25, -0.2) is 4.68 Å². The van der Waals surface area contributed by atoms with Crippen LogP contribution in [0.25, 0.3) is 16.9 Å². The number of aryl methyl sites for hydroxylation is 1. The van der Waals surface area contributed by atoms with Crippen molar-refractivity contribution < 1.29 is 9.53 Å². The van der Waals surface area contributed by atoms with E-state index in [0.717, 1.165) is 28.8 Å². The molecule has 0 fully saturated rings. The highest BCUT2D eigenvalue weighted by Gasteiger charge is 2.14. The van der Waals surface area contributed by atoms with Gasteiger partial charge >= 0.3 is 0 Å². The summed E-state index contributed by atoms with van der Waals surface area (Å²) in [6.07, 6.45) is 2.60. The Morgan fingerprint density at radius 3 is 2.65 bits per heavy atom. The monoisotopic (exact) mass is 306 g/mol. The molecule has 4 heteroatoms. The highest BCUT2D eigenvalue weighted by molar-refractivity contribution is 5.86. The summed E-state index contributed by atoms with van der Waals surface area (Å²) < 4.78 is 7.29. The van der Waals surface area contributed by atoms with E-state index < -0.39 is 0 Å². The molecule has 0 aliphatic rings. The Balaban J connectivity index is 2.11. The number of nitrogens with zero attached hydrogens (tertiary/aromatic N) is 2. The first-order valence-electron chi connectivity index (χ1n) is 7.57. The number of hydrogen-bond donors (Lipinski definition) is 0. The molecule has 0 saturated heterocycles. The van der Waals surface area contributed by atoms with Gasteiger partial charge in [-0.15, -0.1) is 0 Å². The fourth-order valence-electron chi connectivity index (χ4n) is 2.51. The number of benzene rings is 2. The molecule has 0 bridgehead atoms. The lowest BCUT2D eigenvalue weighted by molar-refractivity contribution is 0.112. The van der Waals surface area contributed by atoms with Crippen molar-refractivity contribution in [3.8, 4) is 22.7 Å². The van der Waals surface area contributed by atoms with Crippen LogP contribution in [0.15, 0.2) is 54.7 Å². The summed E-state index contributed by atoms with van der Waals surface area (Å²) in [5, 5.41) is 4.61. The van der Waals surface area contributed by atoms with E-state index in [9.17, 15) is 4.79 Å². The van der Waals surface area contributed by atoms with Gasteiger partial charge in [-0.05, 0) is 43.7 Å². The molecule has 1 heterocycles. The van der Waals surface area contributed by atoms with Gasteiger partial charge in [0.25, 0.3) is 0 Å². The summed E-state index contributed by atoms with van der Waals surface area (Å²) in [5.74, 6) is 0.777. The third-order valence-corrected chi connectivity index (χ3v) is 3.67. The largest absolute Gasteiger partial charge is 0.494 e. The van der Waals surface area contributed by atoms with Crippen molar-refractivity contribution in [1.82, 2.24) is 9.78 Å². The van der Waals surface area contributed by atoms with Crippen LogP contribution in [0.2, 0.25) is 0 Å². The predicted molar refractivity (Wildman–Crippen MR) is 90.3 cm³/mol. The van der Waals surface area contributed by atoms with E-state index in [-0.39, 0.29) is 0 Å². The van der Waals surface area contributed by atoms with E-state index in [4.69, 9.17) is 4.74 Å². The van der Waals surface area contributed by atoms with E-state index in [1.165, 1.54) is 0 Å². The van der Waals surface area contributed by atoms with Crippen LogP contribution in [-0.4, -0.2) is 22.7 Å². The zero-order valence-corrected chi connectivity index (χ0v) is 13.2. The van der Waals surface area contributed by atoms with Crippen LogP contribution in [-0.2, 0) is 0 Å². The maximum absolute atomic E-state index is 11.5. The molecule has 1 aromatic heterocycles. The van der Waals surface area contributed by atoms with Crippen LogP contribution >= 0.6 is 0 Å². The van der Waals surface area contributed by atoms with Crippen molar-refractivity contribution in [1.29, 1.82) is 0 Å². The van der Waals surface area contributed by atoms with Crippen molar-refractivity contribution in [2.45, 2.75) is 13.8 Å². The van der Waals surface area contributed by atoms with Gasteiger partial charge in [0.05, 0.1) is 17.9 Å². The summed E-state index contributed by atoms with van der Waals surface area (Å²) in [6, 6.07) is 15.6. The van der Waals surface area contributed by atoms with Gasteiger partial charge in [-0.2, -0.15) is 5.10 Å². The minimum absolute atomic E-state index is 0.561. The lowest BCUT2D eigenvalue weighted by atomic mass is 10.0. The smallest absolute Gasteiger partial charge is 0.153 e. The molecule has 23 heavy (non-hydrogen) atoms. The molecule has 0 spiro atoms. The first kappa shape index (κ1) is 15.0. The van der Waals surface area contributed by atoms with Crippen LogP contribution in [0.1, 0.15) is 22.8 Å². The minimum Gasteiger partial charge on any atom is -0.494 e. The first-order valence-corrected chi connectivity index (χ1v) is 7.57. The molecule has 0 aliphatic carbocycles. The molecule has 0 unspecified atom stereocenters. The average molecular weight is 306 g/mol. The maximum atomic E-state index is 11.5. The number of aromatic nitrogens is 2. The Bertz CT molecular complexity index is 823. The van der Waals surface area contributed by atoms with Crippen molar-refractivity contribution >= 4 is 6.29 Å². The summed E-state index contributed by atoms with van der Waals surface area (Å²) in [6.45, 7) is 4.54.